The van der Waals surface area contributed by atoms with Gasteiger partial charge in [-0.05, 0) is 88.5 Å². The summed E-state index contributed by atoms with van der Waals surface area (Å²) in [5.74, 6) is 0.589. The van der Waals surface area contributed by atoms with Gasteiger partial charge in [-0.25, -0.2) is 4.98 Å². The van der Waals surface area contributed by atoms with E-state index in [0.717, 1.165) is 72.4 Å². The third kappa shape index (κ3) is 5.54. The molecule has 0 aliphatic heterocycles. The Bertz CT molecular complexity index is 2860. The lowest BCUT2D eigenvalue weighted by Gasteiger charge is -2.28. The van der Waals surface area contributed by atoms with Gasteiger partial charge in [0.25, 0.3) is 0 Å². The van der Waals surface area contributed by atoms with Crippen molar-refractivity contribution in [2.24, 2.45) is 0 Å². The standard InChI is InChI=1S/C49H32N2O2/c1-4-12-33(13-5-1)35-20-22-37(23-21-35)41-18-10-11-19-43(41)51(39-26-24-36(25-27-39)34-14-6-2-7-15-34)40-28-29-44-42(32-40)47-45(52-44)30-31-46-48(47)50-49(53-46)38-16-8-3-9-17-38/h1-32H. The number of nitrogens with zero attached hydrogens (tertiary/aromatic N) is 2. The number of hydrogen-bond donors (Lipinski definition) is 0. The molecule has 0 unspecified atom stereocenters. The zero-order valence-electron chi connectivity index (χ0n) is 28.7. The number of anilines is 3. The van der Waals surface area contributed by atoms with Gasteiger partial charge in [-0.3, -0.25) is 0 Å². The number of hydrogen-bond acceptors (Lipinski definition) is 4. The van der Waals surface area contributed by atoms with Gasteiger partial charge in [-0.1, -0.05) is 133 Å². The van der Waals surface area contributed by atoms with Crippen LogP contribution in [0.2, 0.25) is 0 Å². The van der Waals surface area contributed by atoms with E-state index in [1.807, 2.05) is 48.5 Å². The zero-order chi connectivity index (χ0) is 35.1. The van der Waals surface area contributed by atoms with Gasteiger partial charge in [0, 0.05) is 27.9 Å². The molecular weight excluding hydrogens is 649 g/mol. The van der Waals surface area contributed by atoms with Gasteiger partial charge in [0.1, 0.15) is 16.7 Å². The SMILES string of the molecule is c1ccc(-c2ccc(-c3ccccc3N(c3ccc(-c4ccccc4)cc3)c3ccc4oc5ccc6oc(-c7ccccc7)nc6c5c4c3)cc2)cc1. The van der Waals surface area contributed by atoms with Crippen LogP contribution in [-0.4, -0.2) is 4.98 Å². The second-order valence-corrected chi connectivity index (χ2v) is 13.2. The molecule has 0 saturated heterocycles. The van der Waals surface area contributed by atoms with Crippen molar-refractivity contribution in [3.63, 3.8) is 0 Å². The van der Waals surface area contributed by atoms with Crippen LogP contribution in [0.15, 0.2) is 203 Å². The molecule has 4 heteroatoms. The van der Waals surface area contributed by atoms with Crippen LogP contribution in [0.1, 0.15) is 0 Å². The summed E-state index contributed by atoms with van der Waals surface area (Å²) in [6.07, 6.45) is 0. The van der Waals surface area contributed by atoms with Crippen molar-refractivity contribution in [2.45, 2.75) is 0 Å². The minimum absolute atomic E-state index is 0.589. The Balaban J connectivity index is 1.15. The Morgan fingerprint density at radius 1 is 0.377 bits per heavy atom. The molecule has 53 heavy (non-hydrogen) atoms. The van der Waals surface area contributed by atoms with Crippen molar-refractivity contribution in [1.29, 1.82) is 0 Å². The molecule has 8 aromatic carbocycles. The minimum atomic E-state index is 0.589. The fraction of sp³-hybridized carbons (Fsp3) is 0. The van der Waals surface area contributed by atoms with Crippen LogP contribution in [-0.2, 0) is 0 Å². The van der Waals surface area contributed by atoms with Crippen LogP contribution in [0.25, 0.3) is 77.9 Å². The lowest BCUT2D eigenvalue weighted by atomic mass is 9.98. The summed E-state index contributed by atoms with van der Waals surface area (Å²) in [7, 11) is 0. The molecule has 0 atom stereocenters. The van der Waals surface area contributed by atoms with Crippen LogP contribution in [0.3, 0.4) is 0 Å². The van der Waals surface area contributed by atoms with E-state index in [2.05, 4.69) is 150 Å². The monoisotopic (exact) mass is 680 g/mol. The van der Waals surface area contributed by atoms with E-state index < -0.39 is 0 Å². The number of para-hydroxylation sites is 1. The summed E-state index contributed by atoms with van der Waals surface area (Å²) in [5.41, 5.74) is 14.1. The van der Waals surface area contributed by atoms with E-state index >= 15 is 0 Å². The maximum absolute atomic E-state index is 6.43. The first-order valence-corrected chi connectivity index (χ1v) is 17.8. The van der Waals surface area contributed by atoms with Crippen LogP contribution < -0.4 is 4.90 Å². The van der Waals surface area contributed by atoms with Crippen LogP contribution in [0, 0.1) is 0 Å². The first kappa shape index (κ1) is 30.6. The van der Waals surface area contributed by atoms with Crippen molar-refractivity contribution in [2.75, 3.05) is 4.90 Å². The molecule has 2 aromatic heterocycles. The molecule has 10 rings (SSSR count). The predicted molar refractivity (Wildman–Crippen MR) is 218 cm³/mol. The van der Waals surface area contributed by atoms with Gasteiger partial charge in [-0.2, -0.15) is 0 Å². The van der Waals surface area contributed by atoms with Crippen molar-refractivity contribution in [1.82, 2.24) is 4.98 Å². The van der Waals surface area contributed by atoms with E-state index in [-0.39, 0.29) is 0 Å². The van der Waals surface area contributed by atoms with Crippen molar-refractivity contribution in [3.05, 3.63) is 194 Å². The highest BCUT2D eigenvalue weighted by molar-refractivity contribution is 6.17. The normalized spacial score (nSPS) is 11.4. The van der Waals surface area contributed by atoms with Crippen LogP contribution >= 0.6 is 0 Å². The van der Waals surface area contributed by atoms with E-state index in [9.17, 15) is 0 Å². The van der Waals surface area contributed by atoms with Crippen LogP contribution in [0.5, 0.6) is 0 Å². The third-order valence-electron chi connectivity index (χ3n) is 9.93. The quantitative estimate of drug-likeness (QED) is 0.168. The summed E-state index contributed by atoms with van der Waals surface area (Å²) < 4.78 is 12.7. The first-order valence-electron chi connectivity index (χ1n) is 17.8. The molecule has 10 aromatic rings. The number of furan rings is 1. The van der Waals surface area contributed by atoms with Crippen LogP contribution in [0.4, 0.5) is 17.1 Å². The Kier molecular flexibility index (Phi) is 7.43. The maximum Gasteiger partial charge on any atom is 0.227 e. The molecule has 4 nitrogen and oxygen atoms in total. The van der Waals surface area contributed by atoms with Gasteiger partial charge < -0.3 is 13.7 Å². The molecule has 0 aliphatic rings. The van der Waals surface area contributed by atoms with Crippen molar-refractivity contribution >= 4 is 50.1 Å². The molecule has 250 valence electrons. The average Bonchev–Trinajstić information content (AvgIpc) is 3.84. The largest absolute Gasteiger partial charge is 0.456 e. The zero-order valence-corrected chi connectivity index (χ0v) is 28.7. The second kappa shape index (κ2) is 12.9. The van der Waals surface area contributed by atoms with Gasteiger partial charge in [0.2, 0.25) is 5.89 Å². The van der Waals surface area contributed by atoms with E-state index in [1.165, 1.54) is 16.7 Å². The summed E-state index contributed by atoms with van der Waals surface area (Å²) in [4.78, 5) is 7.34. The molecular formula is C49H32N2O2. The molecule has 0 bridgehead atoms. The predicted octanol–water partition coefficient (Wildman–Crippen LogP) is 13.9. The molecule has 0 radical (unpaired) electrons. The van der Waals surface area contributed by atoms with E-state index in [1.54, 1.807) is 0 Å². The molecule has 0 aliphatic carbocycles. The molecule has 0 saturated carbocycles. The smallest absolute Gasteiger partial charge is 0.227 e. The molecule has 0 fully saturated rings. The summed E-state index contributed by atoms with van der Waals surface area (Å²) >= 11 is 0. The third-order valence-corrected chi connectivity index (χ3v) is 9.93. The van der Waals surface area contributed by atoms with Gasteiger partial charge >= 0.3 is 0 Å². The lowest BCUT2D eigenvalue weighted by Crippen LogP contribution is -2.11. The fourth-order valence-electron chi connectivity index (χ4n) is 7.33. The summed E-state index contributed by atoms with van der Waals surface area (Å²) in [6, 6.07) is 67.6. The fourth-order valence-corrected chi connectivity index (χ4v) is 7.33. The minimum Gasteiger partial charge on any atom is -0.456 e. The first-order chi connectivity index (χ1) is 26.3. The van der Waals surface area contributed by atoms with Crippen molar-refractivity contribution < 1.29 is 8.83 Å². The number of aromatic nitrogens is 1. The summed E-state index contributed by atoms with van der Waals surface area (Å²) in [5, 5.41) is 1.92. The Morgan fingerprint density at radius 3 is 1.57 bits per heavy atom. The van der Waals surface area contributed by atoms with Crippen molar-refractivity contribution in [3.8, 4) is 44.8 Å². The number of fused-ring (bicyclic) bond motifs is 5. The molecule has 0 amide bonds. The summed E-state index contributed by atoms with van der Waals surface area (Å²) in [6.45, 7) is 0. The van der Waals surface area contributed by atoms with Gasteiger partial charge in [0.05, 0.1) is 11.1 Å². The average molecular weight is 681 g/mol. The number of benzene rings is 8. The maximum atomic E-state index is 6.43. The Hall–Kier alpha value is -7.17. The van der Waals surface area contributed by atoms with Gasteiger partial charge in [0.15, 0.2) is 5.58 Å². The van der Waals surface area contributed by atoms with Gasteiger partial charge in [-0.15, -0.1) is 0 Å². The number of oxazole rings is 1. The second-order valence-electron chi connectivity index (χ2n) is 13.2. The molecule has 0 spiro atoms. The topological polar surface area (TPSA) is 42.4 Å². The lowest BCUT2D eigenvalue weighted by molar-refractivity contribution is 0.619. The van der Waals surface area contributed by atoms with E-state index in [0.29, 0.717) is 5.89 Å². The highest BCUT2D eigenvalue weighted by Crippen LogP contribution is 2.44. The number of rotatable bonds is 7. The Labute approximate surface area is 306 Å². The molecule has 0 N–H and O–H groups in total. The van der Waals surface area contributed by atoms with E-state index in [4.69, 9.17) is 13.8 Å². The Morgan fingerprint density at radius 2 is 0.887 bits per heavy atom. The highest BCUT2D eigenvalue weighted by Gasteiger charge is 2.21. The molecule has 2 heterocycles. The highest BCUT2D eigenvalue weighted by atomic mass is 16.4.